The molecule has 0 aliphatic carbocycles. The molecule has 100 valence electrons. The van der Waals surface area contributed by atoms with E-state index in [1.54, 1.807) is 4.90 Å². The molecule has 1 saturated heterocycles. The molecule has 0 amide bonds. The molecule has 2 atom stereocenters. The van der Waals surface area contributed by atoms with Gasteiger partial charge in [0.1, 0.15) is 11.5 Å². The largest absolute Gasteiger partial charge is 0.364 e. The topological polar surface area (TPSA) is 15.3 Å². The summed E-state index contributed by atoms with van der Waals surface area (Å²) in [5.41, 5.74) is -0.113. The molecule has 2 rings (SSSR count). The second-order valence-electron chi connectivity index (χ2n) is 4.77. The highest BCUT2D eigenvalue weighted by Crippen LogP contribution is 2.30. The Morgan fingerprint density at radius 1 is 1.22 bits per heavy atom. The van der Waals surface area contributed by atoms with E-state index in [1.807, 2.05) is 14.0 Å². The third-order valence-corrected chi connectivity index (χ3v) is 3.55. The van der Waals surface area contributed by atoms with Gasteiger partial charge in [0.2, 0.25) is 0 Å². The van der Waals surface area contributed by atoms with Gasteiger partial charge in [0.15, 0.2) is 11.6 Å². The van der Waals surface area contributed by atoms with Crippen molar-refractivity contribution in [1.29, 1.82) is 0 Å². The maximum Gasteiger partial charge on any atom is 0.152 e. The van der Waals surface area contributed by atoms with Gasteiger partial charge in [-0.05, 0) is 26.8 Å². The van der Waals surface area contributed by atoms with Crippen LogP contribution >= 0.6 is 0 Å². The number of anilines is 1. The van der Waals surface area contributed by atoms with Gasteiger partial charge in [-0.15, -0.1) is 0 Å². The average Bonchev–Trinajstić information content (AvgIpc) is 2.29. The molecule has 1 aromatic carbocycles. The molecule has 18 heavy (non-hydrogen) atoms. The first-order valence-electron chi connectivity index (χ1n) is 6.11. The van der Waals surface area contributed by atoms with E-state index < -0.39 is 17.5 Å². The van der Waals surface area contributed by atoms with Crippen LogP contribution in [0.25, 0.3) is 0 Å². The Hall–Kier alpha value is -1.23. The summed E-state index contributed by atoms with van der Waals surface area (Å²) in [6.07, 6.45) is 1.63. The van der Waals surface area contributed by atoms with Crippen LogP contribution in [0, 0.1) is 17.5 Å². The molecule has 0 bridgehead atoms. The summed E-state index contributed by atoms with van der Waals surface area (Å²) in [6.45, 7) is 2.48. The van der Waals surface area contributed by atoms with Crippen molar-refractivity contribution in [3.8, 4) is 0 Å². The van der Waals surface area contributed by atoms with Crippen LogP contribution in [0.5, 0.6) is 0 Å². The summed E-state index contributed by atoms with van der Waals surface area (Å²) in [7, 11) is 1.88. The first-order chi connectivity index (χ1) is 8.52. The highest BCUT2D eigenvalue weighted by molar-refractivity contribution is 5.50. The molecule has 0 spiro atoms. The Bertz CT molecular complexity index is 413. The molecule has 5 heteroatoms. The SMILES string of the molecule is CNC1CCN(c2c(F)cc(F)cc2F)C(C)C1. The van der Waals surface area contributed by atoms with Gasteiger partial charge >= 0.3 is 0 Å². The van der Waals surface area contributed by atoms with Crippen molar-refractivity contribution in [2.24, 2.45) is 0 Å². The summed E-state index contributed by atoms with van der Waals surface area (Å²) < 4.78 is 40.3. The molecule has 2 nitrogen and oxygen atoms in total. The molecule has 1 aliphatic rings. The molecular weight excluding hydrogens is 241 g/mol. The van der Waals surface area contributed by atoms with Crippen molar-refractivity contribution in [2.45, 2.75) is 31.8 Å². The van der Waals surface area contributed by atoms with Crippen LogP contribution in [0.1, 0.15) is 19.8 Å². The number of piperidine rings is 1. The predicted octanol–water partition coefficient (Wildman–Crippen LogP) is 2.68. The Balaban J connectivity index is 2.27. The summed E-state index contributed by atoms with van der Waals surface area (Å²) in [4.78, 5) is 1.68. The number of benzene rings is 1. The molecule has 1 heterocycles. The number of nitrogens with zero attached hydrogens (tertiary/aromatic N) is 1. The number of halogens is 3. The van der Waals surface area contributed by atoms with E-state index in [4.69, 9.17) is 0 Å². The first-order valence-corrected chi connectivity index (χ1v) is 6.11. The van der Waals surface area contributed by atoms with Crippen LogP contribution in [0.15, 0.2) is 12.1 Å². The molecule has 0 radical (unpaired) electrons. The number of hydrogen-bond donors (Lipinski definition) is 1. The van der Waals surface area contributed by atoms with Crippen LogP contribution < -0.4 is 10.2 Å². The maximum atomic E-state index is 13.7. The molecule has 0 aromatic heterocycles. The van der Waals surface area contributed by atoms with Gasteiger partial charge in [0.25, 0.3) is 0 Å². The zero-order chi connectivity index (χ0) is 13.3. The monoisotopic (exact) mass is 258 g/mol. The van der Waals surface area contributed by atoms with Gasteiger partial charge in [0.05, 0.1) is 0 Å². The van der Waals surface area contributed by atoms with E-state index in [0.717, 1.165) is 25.0 Å². The van der Waals surface area contributed by atoms with Crippen LogP contribution in [0.2, 0.25) is 0 Å². The Morgan fingerprint density at radius 3 is 2.33 bits per heavy atom. The lowest BCUT2D eigenvalue weighted by atomic mass is 9.97. The summed E-state index contributed by atoms with van der Waals surface area (Å²) in [5, 5.41) is 3.17. The van der Waals surface area contributed by atoms with Crippen molar-refractivity contribution in [3.05, 3.63) is 29.6 Å². The zero-order valence-electron chi connectivity index (χ0n) is 10.5. The van der Waals surface area contributed by atoms with Crippen LogP contribution in [-0.2, 0) is 0 Å². The lowest BCUT2D eigenvalue weighted by molar-refractivity contribution is 0.379. The van der Waals surface area contributed by atoms with E-state index in [-0.39, 0.29) is 11.7 Å². The number of nitrogens with one attached hydrogen (secondary N) is 1. The predicted molar refractivity (Wildman–Crippen MR) is 65.2 cm³/mol. The van der Waals surface area contributed by atoms with Crippen molar-refractivity contribution in [3.63, 3.8) is 0 Å². The Kier molecular flexibility index (Phi) is 3.80. The molecule has 1 aromatic rings. The fourth-order valence-corrected chi connectivity index (χ4v) is 2.58. The second kappa shape index (κ2) is 5.18. The Labute approximate surface area is 105 Å². The van der Waals surface area contributed by atoms with E-state index in [9.17, 15) is 13.2 Å². The van der Waals surface area contributed by atoms with Gasteiger partial charge in [-0.2, -0.15) is 0 Å². The van der Waals surface area contributed by atoms with Crippen LogP contribution in [0.3, 0.4) is 0 Å². The standard InChI is InChI=1S/C13H17F3N2/c1-8-5-10(17-2)3-4-18(8)13-11(15)6-9(14)7-12(13)16/h6-8,10,17H,3-5H2,1-2H3. The average molecular weight is 258 g/mol. The van der Waals surface area contributed by atoms with Gasteiger partial charge in [-0.3, -0.25) is 0 Å². The fourth-order valence-electron chi connectivity index (χ4n) is 2.58. The molecule has 1 fully saturated rings. The minimum Gasteiger partial charge on any atom is -0.364 e. The normalized spacial score (nSPS) is 24.4. The molecule has 1 aliphatic heterocycles. The van der Waals surface area contributed by atoms with Crippen molar-refractivity contribution >= 4 is 5.69 Å². The summed E-state index contributed by atoms with van der Waals surface area (Å²) in [5.74, 6) is -2.55. The summed E-state index contributed by atoms with van der Waals surface area (Å²) >= 11 is 0. The highest BCUT2D eigenvalue weighted by Gasteiger charge is 2.28. The minimum absolute atomic E-state index is 0.0191. The van der Waals surface area contributed by atoms with E-state index in [1.165, 1.54) is 0 Å². The molecule has 1 N–H and O–H groups in total. The highest BCUT2D eigenvalue weighted by atomic mass is 19.1. The van der Waals surface area contributed by atoms with Gasteiger partial charge in [0, 0.05) is 30.8 Å². The lowest BCUT2D eigenvalue weighted by Crippen LogP contribution is -2.47. The smallest absolute Gasteiger partial charge is 0.152 e. The minimum atomic E-state index is -0.883. The quantitative estimate of drug-likeness (QED) is 0.877. The third kappa shape index (κ3) is 2.46. The zero-order valence-corrected chi connectivity index (χ0v) is 10.5. The Morgan fingerprint density at radius 2 is 1.83 bits per heavy atom. The van der Waals surface area contributed by atoms with Gasteiger partial charge in [-0.25, -0.2) is 13.2 Å². The third-order valence-electron chi connectivity index (χ3n) is 3.55. The molecule has 2 unspecified atom stereocenters. The van der Waals surface area contributed by atoms with Crippen LogP contribution in [0.4, 0.5) is 18.9 Å². The summed E-state index contributed by atoms with van der Waals surface area (Å²) in [6, 6.07) is 1.85. The van der Waals surface area contributed by atoms with E-state index >= 15 is 0 Å². The first kappa shape index (κ1) is 13.2. The number of rotatable bonds is 2. The maximum absolute atomic E-state index is 13.7. The lowest BCUT2D eigenvalue weighted by Gasteiger charge is -2.39. The van der Waals surface area contributed by atoms with E-state index in [0.29, 0.717) is 12.6 Å². The van der Waals surface area contributed by atoms with Crippen LogP contribution in [-0.4, -0.2) is 25.7 Å². The van der Waals surface area contributed by atoms with Crippen molar-refractivity contribution in [1.82, 2.24) is 5.32 Å². The van der Waals surface area contributed by atoms with Crippen molar-refractivity contribution in [2.75, 3.05) is 18.5 Å². The second-order valence-corrected chi connectivity index (χ2v) is 4.77. The molecule has 0 saturated carbocycles. The van der Waals surface area contributed by atoms with Gasteiger partial charge < -0.3 is 10.2 Å². The number of hydrogen-bond acceptors (Lipinski definition) is 2. The van der Waals surface area contributed by atoms with Gasteiger partial charge in [-0.1, -0.05) is 0 Å². The molecular formula is C13H17F3N2. The van der Waals surface area contributed by atoms with Crippen molar-refractivity contribution < 1.29 is 13.2 Å². The fraction of sp³-hybridized carbons (Fsp3) is 0.538. The van der Waals surface area contributed by atoms with E-state index in [2.05, 4.69) is 5.32 Å².